The summed E-state index contributed by atoms with van der Waals surface area (Å²) in [5, 5.41) is 10.1. The second-order valence-electron chi connectivity index (χ2n) is 3.86. The zero-order valence-corrected chi connectivity index (χ0v) is 9.94. The Morgan fingerprint density at radius 3 is 3.00 bits per heavy atom. The highest BCUT2D eigenvalue weighted by Crippen LogP contribution is 1.92. The smallest absolute Gasteiger partial charge is 0.219 e. The van der Waals surface area contributed by atoms with Crippen molar-refractivity contribution in [3.8, 4) is 0 Å². The summed E-state index contributed by atoms with van der Waals surface area (Å²) in [7, 11) is 1.66. The molecule has 1 rings (SSSR count). The highest BCUT2D eigenvalue weighted by Gasteiger charge is 2.03. The number of carbonyl (C=O) groups excluding carboxylic acids is 1. The molecule has 0 radical (unpaired) electrons. The Morgan fingerprint density at radius 1 is 1.56 bits per heavy atom. The Balaban J connectivity index is 2.06. The first kappa shape index (κ1) is 12.7. The van der Waals surface area contributed by atoms with Crippen LogP contribution >= 0.6 is 0 Å². The molecule has 2 N–H and O–H groups in total. The highest BCUT2D eigenvalue weighted by molar-refractivity contribution is 5.75. The molecule has 0 spiro atoms. The molecule has 0 aliphatic rings. The molecule has 5 heteroatoms. The molecule has 5 nitrogen and oxygen atoms in total. The largest absolute Gasteiger partial charge is 0.359 e. The fourth-order valence-electron chi connectivity index (χ4n) is 1.48. The van der Waals surface area contributed by atoms with E-state index >= 15 is 0 Å². The van der Waals surface area contributed by atoms with E-state index in [-0.39, 0.29) is 5.91 Å². The maximum absolute atomic E-state index is 11.0. The van der Waals surface area contributed by atoms with Gasteiger partial charge < -0.3 is 10.6 Å². The van der Waals surface area contributed by atoms with Gasteiger partial charge in [0.05, 0.1) is 6.54 Å². The standard InChI is InChI=1S/C11H20N4O/c1-10(9-15-8-4-7-14-15)13-6-3-5-11(16)12-2/h4,7-8,10,13H,3,5-6,9H2,1-2H3,(H,12,16). The Bertz CT molecular complexity index is 297. The van der Waals surface area contributed by atoms with Gasteiger partial charge in [-0.25, -0.2) is 0 Å². The van der Waals surface area contributed by atoms with Crippen molar-refractivity contribution in [2.45, 2.75) is 32.4 Å². The minimum atomic E-state index is 0.0986. The summed E-state index contributed by atoms with van der Waals surface area (Å²) in [5.41, 5.74) is 0. The van der Waals surface area contributed by atoms with Crippen molar-refractivity contribution in [3.05, 3.63) is 18.5 Å². The van der Waals surface area contributed by atoms with Crippen molar-refractivity contribution >= 4 is 5.91 Å². The normalized spacial score (nSPS) is 12.4. The molecule has 90 valence electrons. The third kappa shape index (κ3) is 4.93. The van der Waals surface area contributed by atoms with Crippen LogP contribution in [0.3, 0.4) is 0 Å². The van der Waals surface area contributed by atoms with Crippen LogP contribution in [0.25, 0.3) is 0 Å². The fourth-order valence-corrected chi connectivity index (χ4v) is 1.48. The van der Waals surface area contributed by atoms with Gasteiger partial charge in [-0.15, -0.1) is 0 Å². The molecule has 0 saturated carbocycles. The van der Waals surface area contributed by atoms with Gasteiger partial charge in [0.25, 0.3) is 0 Å². The number of rotatable bonds is 7. The number of aromatic nitrogens is 2. The molecule has 0 aliphatic carbocycles. The van der Waals surface area contributed by atoms with Crippen LogP contribution in [0.4, 0.5) is 0 Å². The molecule has 0 fully saturated rings. The van der Waals surface area contributed by atoms with E-state index in [1.165, 1.54) is 0 Å². The Morgan fingerprint density at radius 2 is 2.38 bits per heavy atom. The molecular weight excluding hydrogens is 204 g/mol. The van der Waals surface area contributed by atoms with E-state index in [1.54, 1.807) is 13.2 Å². The molecule has 1 amide bonds. The molecule has 0 aromatic carbocycles. The van der Waals surface area contributed by atoms with Crippen molar-refractivity contribution in [2.75, 3.05) is 13.6 Å². The highest BCUT2D eigenvalue weighted by atomic mass is 16.1. The maximum Gasteiger partial charge on any atom is 0.219 e. The zero-order chi connectivity index (χ0) is 11.8. The van der Waals surface area contributed by atoms with E-state index in [0.717, 1.165) is 19.5 Å². The molecular formula is C11H20N4O. The van der Waals surface area contributed by atoms with Gasteiger partial charge in [-0.05, 0) is 26.0 Å². The van der Waals surface area contributed by atoms with Gasteiger partial charge in [0.15, 0.2) is 0 Å². The van der Waals surface area contributed by atoms with E-state index in [2.05, 4.69) is 22.7 Å². The van der Waals surface area contributed by atoms with Crippen LogP contribution in [0.15, 0.2) is 18.5 Å². The van der Waals surface area contributed by atoms with E-state index in [1.807, 2.05) is 16.9 Å². The second kappa shape index (κ2) is 7.00. The molecule has 1 heterocycles. The predicted octanol–water partition coefficient (Wildman–Crippen LogP) is 0.387. The minimum Gasteiger partial charge on any atom is -0.359 e. The molecule has 1 aromatic heterocycles. The molecule has 1 aromatic rings. The van der Waals surface area contributed by atoms with Gasteiger partial charge >= 0.3 is 0 Å². The molecule has 1 atom stereocenters. The summed E-state index contributed by atoms with van der Waals surface area (Å²) in [6.45, 7) is 3.82. The van der Waals surface area contributed by atoms with Crippen LogP contribution in [0.2, 0.25) is 0 Å². The van der Waals surface area contributed by atoms with Gasteiger partial charge in [-0.3, -0.25) is 9.48 Å². The van der Waals surface area contributed by atoms with Crippen LogP contribution in [-0.2, 0) is 11.3 Å². The van der Waals surface area contributed by atoms with E-state index in [0.29, 0.717) is 12.5 Å². The lowest BCUT2D eigenvalue weighted by molar-refractivity contribution is -0.120. The van der Waals surface area contributed by atoms with Crippen LogP contribution < -0.4 is 10.6 Å². The van der Waals surface area contributed by atoms with Crippen molar-refractivity contribution in [3.63, 3.8) is 0 Å². The van der Waals surface area contributed by atoms with E-state index in [4.69, 9.17) is 0 Å². The average molecular weight is 224 g/mol. The average Bonchev–Trinajstić information content (AvgIpc) is 2.76. The van der Waals surface area contributed by atoms with E-state index < -0.39 is 0 Å². The quantitative estimate of drug-likeness (QED) is 0.659. The van der Waals surface area contributed by atoms with E-state index in [9.17, 15) is 4.79 Å². The van der Waals surface area contributed by atoms with Gasteiger partial charge in [0, 0.05) is 31.9 Å². The zero-order valence-electron chi connectivity index (χ0n) is 9.94. The first-order valence-electron chi connectivity index (χ1n) is 5.63. The Hall–Kier alpha value is -1.36. The van der Waals surface area contributed by atoms with Gasteiger partial charge in [-0.1, -0.05) is 0 Å². The van der Waals surface area contributed by atoms with Crippen molar-refractivity contribution in [1.82, 2.24) is 20.4 Å². The third-order valence-electron chi connectivity index (χ3n) is 2.37. The lowest BCUT2D eigenvalue weighted by Gasteiger charge is -2.13. The summed E-state index contributed by atoms with van der Waals surface area (Å²) < 4.78 is 1.90. The lowest BCUT2D eigenvalue weighted by Crippen LogP contribution is -2.32. The number of nitrogens with zero attached hydrogens (tertiary/aromatic N) is 2. The number of amides is 1. The van der Waals surface area contributed by atoms with Crippen molar-refractivity contribution < 1.29 is 4.79 Å². The van der Waals surface area contributed by atoms with Gasteiger partial charge in [0.2, 0.25) is 5.91 Å². The number of hydrogen-bond acceptors (Lipinski definition) is 3. The summed E-state index contributed by atoms with van der Waals surface area (Å²) in [4.78, 5) is 11.0. The predicted molar refractivity (Wildman–Crippen MR) is 63.0 cm³/mol. The van der Waals surface area contributed by atoms with Gasteiger partial charge in [-0.2, -0.15) is 5.10 Å². The molecule has 0 bridgehead atoms. The topological polar surface area (TPSA) is 59.0 Å². The van der Waals surface area contributed by atoms with Crippen LogP contribution in [0.5, 0.6) is 0 Å². The number of carbonyl (C=O) groups is 1. The SMILES string of the molecule is CNC(=O)CCCNC(C)Cn1cccn1. The third-order valence-corrected chi connectivity index (χ3v) is 2.37. The molecule has 0 aliphatic heterocycles. The first-order chi connectivity index (χ1) is 7.72. The second-order valence-corrected chi connectivity index (χ2v) is 3.86. The monoisotopic (exact) mass is 224 g/mol. The Kier molecular flexibility index (Phi) is 5.56. The summed E-state index contributed by atoms with van der Waals surface area (Å²) in [5.74, 6) is 0.0986. The molecule has 1 unspecified atom stereocenters. The maximum atomic E-state index is 11.0. The summed E-state index contributed by atoms with van der Waals surface area (Å²) in [6.07, 6.45) is 5.17. The lowest BCUT2D eigenvalue weighted by atomic mass is 10.2. The summed E-state index contributed by atoms with van der Waals surface area (Å²) >= 11 is 0. The summed E-state index contributed by atoms with van der Waals surface area (Å²) in [6, 6.07) is 2.28. The number of nitrogens with one attached hydrogen (secondary N) is 2. The van der Waals surface area contributed by atoms with Crippen LogP contribution in [0.1, 0.15) is 19.8 Å². The van der Waals surface area contributed by atoms with Crippen LogP contribution in [-0.4, -0.2) is 35.3 Å². The molecule has 0 saturated heterocycles. The van der Waals surface area contributed by atoms with Crippen molar-refractivity contribution in [2.24, 2.45) is 0 Å². The minimum absolute atomic E-state index is 0.0986. The molecule has 16 heavy (non-hydrogen) atoms. The van der Waals surface area contributed by atoms with Crippen molar-refractivity contribution in [1.29, 1.82) is 0 Å². The number of hydrogen-bond donors (Lipinski definition) is 2. The Labute approximate surface area is 96.2 Å². The first-order valence-corrected chi connectivity index (χ1v) is 5.63. The fraction of sp³-hybridized carbons (Fsp3) is 0.636. The van der Waals surface area contributed by atoms with Gasteiger partial charge in [0.1, 0.15) is 0 Å². The van der Waals surface area contributed by atoms with Crippen LogP contribution in [0, 0.1) is 0 Å².